The minimum Gasteiger partial charge on any atom is -0.309 e. The minimum absolute atomic E-state index is 0.569. The van der Waals surface area contributed by atoms with Crippen LogP contribution in [0.3, 0.4) is 0 Å². The first-order valence-electron chi connectivity index (χ1n) is 5.95. The highest BCUT2D eigenvalue weighted by Gasteiger charge is 2.04. The van der Waals surface area contributed by atoms with Crippen LogP contribution < -0.4 is 5.32 Å². The van der Waals surface area contributed by atoms with Crippen molar-refractivity contribution >= 4 is 5.65 Å². The van der Waals surface area contributed by atoms with E-state index in [0.29, 0.717) is 6.04 Å². The lowest BCUT2D eigenvalue weighted by molar-refractivity contribution is 0.503. The van der Waals surface area contributed by atoms with Crippen LogP contribution in [0.1, 0.15) is 32.4 Å². The van der Waals surface area contributed by atoms with Gasteiger partial charge >= 0.3 is 0 Å². The largest absolute Gasteiger partial charge is 0.309 e. The summed E-state index contributed by atoms with van der Waals surface area (Å²) in [5.74, 6) is 0. The van der Waals surface area contributed by atoms with Crippen LogP contribution in [0, 0.1) is 0 Å². The molecule has 16 heavy (non-hydrogen) atoms. The Morgan fingerprint density at radius 1 is 1.44 bits per heavy atom. The lowest BCUT2D eigenvalue weighted by Gasteiger charge is -2.12. The van der Waals surface area contributed by atoms with E-state index in [1.54, 1.807) is 0 Å². The van der Waals surface area contributed by atoms with Gasteiger partial charge in [-0.2, -0.15) is 0 Å². The van der Waals surface area contributed by atoms with Gasteiger partial charge in [0.1, 0.15) is 5.65 Å². The monoisotopic (exact) mass is 217 g/mol. The molecule has 2 heterocycles. The molecule has 0 aliphatic rings. The van der Waals surface area contributed by atoms with Crippen molar-refractivity contribution in [2.45, 2.75) is 39.3 Å². The molecule has 0 fully saturated rings. The molecule has 2 aromatic heterocycles. The summed E-state index contributed by atoms with van der Waals surface area (Å²) >= 11 is 0. The van der Waals surface area contributed by atoms with E-state index in [4.69, 9.17) is 0 Å². The number of fused-ring (bicyclic) bond motifs is 1. The molecule has 3 nitrogen and oxygen atoms in total. The Kier molecular flexibility index (Phi) is 3.57. The molecule has 0 aliphatic heterocycles. The van der Waals surface area contributed by atoms with Crippen LogP contribution in [0.15, 0.2) is 30.6 Å². The van der Waals surface area contributed by atoms with Gasteiger partial charge in [0.05, 0.1) is 11.9 Å². The van der Waals surface area contributed by atoms with Crippen LogP contribution in [0.4, 0.5) is 0 Å². The number of aromatic nitrogens is 2. The molecule has 1 N–H and O–H groups in total. The Morgan fingerprint density at radius 3 is 3.12 bits per heavy atom. The molecule has 0 saturated carbocycles. The summed E-state index contributed by atoms with van der Waals surface area (Å²) in [4.78, 5) is 4.37. The summed E-state index contributed by atoms with van der Waals surface area (Å²) in [6, 6.07) is 6.64. The van der Waals surface area contributed by atoms with E-state index in [-0.39, 0.29) is 0 Å². The Labute approximate surface area is 96.5 Å². The van der Waals surface area contributed by atoms with E-state index in [9.17, 15) is 0 Å². The summed E-state index contributed by atoms with van der Waals surface area (Å²) in [7, 11) is 0. The Bertz CT molecular complexity index is 447. The first kappa shape index (κ1) is 11.1. The van der Waals surface area contributed by atoms with E-state index in [1.807, 2.05) is 24.4 Å². The van der Waals surface area contributed by atoms with Crippen molar-refractivity contribution in [1.29, 1.82) is 0 Å². The van der Waals surface area contributed by atoms with E-state index in [2.05, 4.69) is 34.7 Å². The summed E-state index contributed by atoms with van der Waals surface area (Å²) in [5, 5.41) is 3.52. The van der Waals surface area contributed by atoms with Crippen LogP contribution in [0.25, 0.3) is 5.65 Å². The van der Waals surface area contributed by atoms with Crippen molar-refractivity contribution < 1.29 is 0 Å². The summed E-state index contributed by atoms with van der Waals surface area (Å²) in [6.07, 6.45) is 6.45. The third kappa shape index (κ3) is 2.42. The third-order valence-corrected chi connectivity index (χ3v) is 2.85. The average Bonchev–Trinajstić information content (AvgIpc) is 2.70. The van der Waals surface area contributed by atoms with Gasteiger partial charge < -0.3 is 9.72 Å². The molecule has 0 aliphatic carbocycles. The second kappa shape index (κ2) is 5.12. The lowest BCUT2D eigenvalue weighted by Crippen LogP contribution is -2.25. The SMILES string of the molecule is CCCC(C)NCc1cnc2ccccn12. The molecule has 2 aromatic rings. The van der Waals surface area contributed by atoms with Crippen molar-refractivity contribution in [3.8, 4) is 0 Å². The predicted octanol–water partition coefficient (Wildman–Crippen LogP) is 2.61. The van der Waals surface area contributed by atoms with E-state index < -0.39 is 0 Å². The zero-order chi connectivity index (χ0) is 11.4. The highest BCUT2D eigenvalue weighted by molar-refractivity contribution is 5.39. The average molecular weight is 217 g/mol. The molecule has 0 aromatic carbocycles. The second-order valence-electron chi connectivity index (χ2n) is 4.25. The van der Waals surface area contributed by atoms with Gasteiger partial charge in [-0.3, -0.25) is 0 Å². The summed E-state index contributed by atoms with van der Waals surface area (Å²) < 4.78 is 2.13. The van der Waals surface area contributed by atoms with Crippen LogP contribution in [0.2, 0.25) is 0 Å². The van der Waals surface area contributed by atoms with Crippen molar-refractivity contribution in [3.05, 3.63) is 36.3 Å². The maximum absolute atomic E-state index is 4.37. The van der Waals surface area contributed by atoms with Crippen LogP contribution >= 0.6 is 0 Å². The van der Waals surface area contributed by atoms with Crippen molar-refractivity contribution in [3.63, 3.8) is 0 Å². The fourth-order valence-electron chi connectivity index (χ4n) is 1.93. The molecule has 86 valence electrons. The lowest BCUT2D eigenvalue weighted by atomic mass is 10.2. The van der Waals surface area contributed by atoms with Crippen LogP contribution in [-0.4, -0.2) is 15.4 Å². The number of hydrogen-bond acceptors (Lipinski definition) is 2. The van der Waals surface area contributed by atoms with Gasteiger partial charge in [0.15, 0.2) is 0 Å². The second-order valence-corrected chi connectivity index (χ2v) is 4.25. The molecule has 0 radical (unpaired) electrons. The van der Waals surface area contributed by atoms with E-state index >= 15 is 0 Å². The van der Waals surface area contributed by atoms with Crippen molar-refractivity contribution in [2.75, 3.05) is 0 Å². The Hall–Kier alpha value is -1.35. The maximum Gasteiger partial charge on any atom is 0.136 e. The standard InChI is InChI=1S/C13H19N3/c1-3-6-11(2)14-9-12-10-15-13-7-4-5-8-16(12)13/h4-5,7-8,10-11,14H,3,6,9H2,1-2H3. The van der Waals surface area contributed by atoms with Crippen molar-refractivity contribution in [2.24, 2.45) is 0 Å². The number of nitrogens with one attached hydrogen (secondary N) is 1. The molecule has 2 rings (SSSR count). The van der Waals surface area contributed by atoms with E-state index in [0.717, 1.165) is 12.2 Å². The molecule has 0 amide bonds. The molecule has 1 atom stereocenters. The number of hydrogen-bond donors (Lipinski definition) is 1. The molecule has 0 saturated heterocycles. The minimum atomic E-state index is 0.569. The number of pyridine rings is 1. The topological polar surface area (TPSA) is 29.3 Å². The van der Waals surface area contributed by atoms with Gasteiger partial charge in [-0.25, -0.2) is 4.98 Å². The fourth-order valence-corrected chi connectivity index (χ4v) is 1.93. The normalized spacial score (nSPS) is 13.1. The molecular formula is C13H19N3. The third-order valence-electron chi connectivity index (χ3n) is 2.85. The number of imidazole rings is 1. The van der Waals surface area contributed by atoms with Gasteiger partial charge in [0.25, 0.3) is 0 Å². The highest BCUT2D eigenvalue weighted by Crippen LogP contribution is 2.06. The quantitative estimate of drug-likeness (QED) is 0.834. The van der Waals surface area contributed by atoms with Gasteiger partial charge in [-0.1, -0.05) is 19.4 Å². The smallest absolute Gasteiger partial charge is 0.136 e. The van der Waals surface area contributed by atoms with Gasteiger partial charge in [0.2, 0.25) is 0 Å². The van der Waals surface area contributed by atoms with Gasteiger partial charge in [0, 0.05) is 18.8 Å². The highest BCUT2D eigenvalue weighted by atomic mass is 15.0. The van der Waals surface area contributed by atoms with Crippen LogP contribution in [0.5, 0.6) is 0 Å². The predicted molar refractivity (Wildman–Crippen MR) is 66.4 cm³/mol. The fraction of sp³-hybridized carbons (Fsp3) is 0.462. The van der Waals surface area contributed by atoms with Crippen molar-refractivity contribution in [1.82, 2.24) is 14.7 Å². The molecule has 0 spiro atoms. The first-order valence-corrected chi connectivity index (χ1v) is 5.95. The zero-order valence-corrected chi connectivity index (χ0v) is 9.98. The number of nitrogens with zero attached hydrogens (tertiary/aromatic N) is 2. The molecular weight excluding hydrogens is 198 g/mol. The van der Waals surface area contributed by atoms with Gasteiger partial charge in [-0.05, 0) is 25.5 Å². The Morgan fingerprint density at radius 2 is 2.31 bits per heavy atom. The zero-order valence-electron chi connectivity index (χ0n) is 9.98. The molecule has 3 heteroatoms. The Balaban J connectivity index is 2.04. The molecule has 0 bridgehead atoms. The first-order chi connectivity index (χ1) is 7.81. The molecule has 1 unspecified atom stereocenters. The van der Waals surface area contributed by atoms with E-state index in [1.165, 1.54) is 18.5 Å². The number of rotatable bonds is 5. The maximum atomic E-state index is 4.37. The summed E-state index contributed by atoms with van der Waals surface area (Å²) in [5.41, 5.74) is 2.24. The van der Waals surface area contributed by atoms with Crippen LogP contribution in [-0.2, 0) is 6.54 Å². The summed E-state index contributed by atoms with van der Waals surface area (Å²) in [6.45, 7) is 5.32. The van der Waals surface area contributed by atoms with Gasteiger partial charge in [-0.15, -0.1) is 0 Å².